The second-order valence-electron chi connectivity index (χ2n) is 6.49. The fraction of sp³-hybridized carbons (Fsp3) is 0.278. The predicted octanol–water partition coefficient (Wildman–Crippen LogP) is 1.95. The van der Waals surface area contributed by atoms with E-state index in [0.717, 1.165) is 22.2 Å². The van der Waals surface area contributed by atoms with Gasteiger partial charge in [0.25, 0.3) is 0 Å². The number of rotatable bonds is 4. The van der Waals surface area contributed by atoms with E-state index >= 15 is 0 Å². The lowest BCUT2D eigenvalue weighted by molar-refractivity contribution is -0.0306. The van der Waals surface area contributed by atoms with Crippen molar-refractivity contribution in [3.8, 4) is 17.1 Å². The summed E-state index contributed by atoms with van der Waals surface area (Å²) in [7, 11) is 1.53. The van der Waals surface area contributed by atoms with Gasteiger partial charge in [0.15, 0.2) is 0 Å². The van der Waals surface area contributed by atoms with E-state index < -0.39 is 12.1 Å². The molecular formula is C18H18ClN5O3. The number of nitrogens with two attached hydrogens (primary N) is 1. The number of hydrogen-bond acceptors (Lipinski definition) is 5. The van der Waals surface area contributed by atoms with Gasteiger partial charge in [-0.3, -0.25) is 0 Å². The first-order valence-corrected chi connectivity index (χ1v) is 8.75. The molecule has 2 atom stereocenters. The van der Waals surface area contributed by atoms with Crippen LogP contribution >= 0.6 is 11.6 Å². The molecule has 1 aliphatic rings. The lowest BCUT2D eigenvalue weighted by atomic mass is 9.95. The van der Waals surface area contributed by atoms with Crippen LogP contribution < -0.4 is 10.5 Å². The smallest absolute Gasteiger partial charge is 0.315 e. The minimum Gasteiger partial charge on any atom is -0.480 e. The molecule has 1 fully saturated rings. The number of nitrogens with zero attached hydrogens (tertiary/aromatic N) is 3. The van der Waals surface area contributed by atoms with Crippen LogP contribution in [-0.4, -0.2) is 56.8 Å². The summed E-state index contributed by atoms with van der Waals surface area (Å²) in [6.07, 6.45) is 3.05. The van der Waals surface area contributed by atoms with Crippen molar-refractivity contribution >= 4 is 28.5 Å². The number of nitrogens with one attached hydrogen (secondary N) is 1. The first-order valence-electron chi connectivity index (χ1n) is 8.38. The molecule has 0 saturated carbocycles. The number of H-pyrrole nitrogens is 1. The highest BCUT2D eigenvalue weighted by Gasteiger charge is 2.40. The number of methoxy groups -OCH3 is 1. The van der Waals surface area contributed by atoms with E-state index in [-0.39, 0.29) is 12.6 Å². The highest BCUT2D eigenvalue weighted by atomic mass is 35.5. The molecule has 3 aromatic rings. The lowest BCUT2D eigenvalue weighted by Crippen LogP contribution is -2.64. The molecule has 0 radical (unpaired) electrons. The molecule has 3 heterocycles. The maximum absolute atomic E-state index is 11.4. The molecule has 2 amide bonds. The average molecular weight is 388 g/mol. The monoisotopic (exact) mass is 387 g/mol. The van der Waals surface area contributed by atoms with E-state index in [0.29, 0.717) is 23.0 Å². The Morgan fingerprint density at radius 1 is 1.41 bits per heavy atom. The summed E-state index contributed by atoms with van der Waals surface area (Å²) < 4.78 is 5.03. The van der Waals surface area contributed by atoms with Crippen LogP contribution in [0.1, 0.15) is 5.69 Å². The van der Waals surface area contributed by atoms with Gasteiger partial charge in [-0.05, 0) is 18.2 Å². The van der Waals surface area contributed by atoms with Crippen molar-refractivity contribution in [3.05, 3.63) is 41.3 Å². The summed E-state index contributed by atoms with van der Waals surface area (Å²) in [5.74, 6) is 0.427. The van der Waals surface area contributed by atoms with Crippen molar-refractivity contribution in [3.63, 3.8) is 0 Å². The fourth-order valence-corrected chi connectivity index (χ4v) is 3.60. The molecule has 9 heteroatoms. The molecule has 4 N–H and O–H groups in total. The zero-order valence-corrected chi connectivity index (χ0v) is 15.3. The maximum Gasteiger partial charge on any atom is 0.315 e. The van der Waals surface area contributed by atoms with Crippen LogP contribution in [0.3, 0.4) is 0 Å². The number of aliphatic hydroxyl groups is 1. The van der Waals surface area contributed by atoms with Crippen molar-refractivity contribution in [2.45, 2.75) is 18.6 Å². The molecule has 2 aromatic heterocycles. The van der Waals surface area contributed by atoms with E-state index in [4.69, 9.17) is 22.1 Å². The molecular weight excluding hydrogens is 370 g/mol. The zero-order valence-electron chi connectivity index (χ0n) is 14.5. The van der Waals surface area contributed by atoms with Gasteiger partial charge >= 0.3 is 6.03 Å². The van der Waals surface area contributed by atoms with E-state index in [2.05, 4.69) is 15.0 Å². The van der Waals surface area contributed by atoms with E-state index in [9.17, 15) is 9.90 Å². The second kappa shape index (κ2) is 6.71. The quantitative estimate of drug-likeness (QED) is 0.632. The third kappa shape index (κ3) is 3.17. The van der Waals surface area contributed by atoms with Gasteiger partial charge in [0.1, 0.15) is 0 Å². The zero-order chi connectivity index (χ0) is 19.1. The first kappa shape index (κ1) is 17.6. The van der Waals surface area contributed by atoms with E-state index in [1.165, 1.54) is 18.2 Å². The number of likely N-dealkylation sites (tertiary alicyclic amines) is 1. The topological polar surface area (TPSA) is 117 Å². The average Bonchev–Trinajstić information content (AvgIpc) is 3.04. The Kier molecular flexibility index (Phi) is 4.37. The third-order valence-corrected chi connectivity index (χ3v) is 5.13. The van der Waals surface area contributed by atoms with Gasteiger partial charge in [-0.1, -0.05) is 11.6 Å². The van der Waals surface area contributed by atoms with Crippen LogP contribution in [0.2, 0.25) is 5.02 Å². The number of aromatic nitrogens is 3. The number of carbonyl (C=O) groups is 1. The number of urea groups is 1. The number of hydrogen-bond donors (Lipinski definition) is 3. The highest BCUT2D eigenvalue weighted by molar-refractivity contribution is 6.34. The van der Waals surface area contributed by atoms with Gasteiger partial charge in [-0.25, -0.2) is 14.8 Å². The SMILES string of the molecule is COc1cnc(-c2cc3[nH]c(CC4C(O)CN4C(N)=O)cc3cc2Cl)cn1. The summed E-state index contributed by atoms with van der Waals surface area (Å²) in [6, 6.07) is 4.86. The number of primary amides is 1. The van der Waals surface area contributed by atoms with Crippen LogP contribution in [0.15, 0.2) is 30.6 Å². The number of aromatic amines is 1. The van der Waals surface area contributed by atoms with Gasteiger partial charge in [-0.15, -0.1) is 0 Å². The minimum absolute atomic E-state index is 0.270. The van der Waals surface area contributed by atoms with Crippen molar-refractivity contribution in [1.82, 2.24) is 19.9 Å². The summed E-state index contributed by atoms with van der Waals surface area (Å²) >= 11 is 6.43. The number of benzene rings is 1. The molecule has 1 aromatic carbocycles. The molecule has 4 rings (SSSR count). The molecule has 2 unspecified atom stereocenters. The van der Waals surface area contributed by atoms with Crippen LogP contribution in [-0.2, 0) is 6.42 Å². The predicted molar refractivity (Wildman–Crippen MR) is 101 cm³/mol. The van der Waals surface area contributed by atoms with E-state index in [1.807, 2.05) is 18.2 Å². The molecule has 1 saturated heterocycles. The molecule has 0 spiro atoms. The fourth-order valence-electron chi connectivity index (χ4n) is 3.33. The van der Waals surface area contributed by atoms with Crippen LogP contribution in [0.4, 0.5) is 4.79 Å². The van der Waals surface area contributed by atoms with Crippen LogP contribution in [0, 0.1) is 0 Å². The van der Waals surface area contributed by atoms with Crippen LogP contribution in [0.25, 0.3) is 22.2 Å². The number of amides is 2. The van der Waals surface area contributed by atoms with Crippen LogP contribution in [0.5, 0.6) is 5.88 Å². The Balaban J connectivity index is 1.63. The molecule has 140 valence electrons. The number of aliphatic hydroxyl groups excluding tert-OH is 1. The number of β-amino-alcohol motifs (C(OH)–C–C–N with tert-alkyl or cyclic N) is 1. The van der Waals surface area contributed by atoms with Gasteiger partial charge in [0.05, 0.1) is 48.9 Å². The Morgan fingerprint density at radius 2 is 2.22 bits per heavy atom. The Labute approximate surface area is 159 Å². The molecule has 0 aliphatic carbocycles. The van der Waals surface area contributed by atoms with Crippen molar-refractivity contribution < 1.29 is 14.6 Å². The van der Waals surface area contributed by atoms with Crippen molar-refractivity contribution in [2.24, 2.45) is 5.73 Å². The summed E-state index contributed by atoms with van der Waals surface area (Å²) in [5.41, 5.74) is 8.47. The summed E-state index contributed by atoms with van der Waals surface area (Å²) in [6.45, 7) is 0.270. The number of ether oxygens (including phenoxy) is 1. The van der Waals surface area contributed by atoms with Gasteiger partial charge in [0, 0.05) is 28.6 Å². The maximum atomic E-state index is 11.4. The molecule has 8 nitrogen and oxygen atoms in total. The first-order chi connectivity index (χ1) is 13.0. The highest BCUT2D eigenvalue weighted by Crippen LogP contribution is 2.32. The Morgan fingerprint density at radius 3 is 2.85 bits per heavy atom. The Bertz CT molecular complexity index is 1000. The Hall–Kier alpha value is -2.84. The standard InChI is InChI=1S/C18H18ClN5O3/c1-27-17-7-21-14(6-22-17)11-5-13-9(3-12(11)19)2-10(23-13)4-15-16(25)8-24(15)18(20)26/h2-3,5-7,15-16,23,25H,4,8H2,1H3,(H2,20,26). The molecule has 0 bridgehead atoms. The van der Waals surface area contributed by atoms with Crippen molar-refractivity contribution in [2.75, 3.05) is 13.7 Å². The third-order valence-electron chi connectivity index (χ3n) is 4.82. The largest absolute Gasteiger partial charge is 0.480 e. The van der Waals surface area contributed by atoms with Gasteiger partial charge in [0.2, 0.25) is 5.88 Å². The summed E-state index contributed by atoms with van der Waals surface area (Å²) in [5, 5.41) is 11.4. The van der Waals surface area contributed by atoms with Gasteiger partial charge < -0.3 is 25.5 Å². The normalized spacial score (nSPS) is 19.1. The van der Waals surface area contributed by atoms with Gasteiger partial charge in [-0.2, -0.15) is 0 Å². The number of fused-ring (bicyclic) bond motifs is 1. The van der Waals surface area contributed by atoms with Crippen molar-refractivity contribution in [1.29, 1.82) is 0 Å². The van der Waals surface area contributed by atoms with E-state index in [1.54, 1.807) is 6.20 Å². The number of carbonyl (C=O) groups excluding carboxylic acids is 1. The number of halogens is 1. The molecule has 1 aliphatic heterocycles. The molecule has 27 heavy (non-hydrogen) atoms. The summed E-state index contributed by atoms with van der Waals surface area (Å²) in [4.78, 5) is 24.6. The lowest BCUT2D eigenvalue weighted by Gasteiger charge is -2.44. The second-order valence-corrected chi connectivity index (χ2v) is 6.89. The minimum atomic E-state index is -0.572.